The molecule has 0 aliphatic rings. The van der Waals surface area contributed by atoms with Crippen molar-refractivity contribution in [1.29, 1.82) is 0 Å². The number of hydrogen-bond acceptors (Lipinski definition) is 4. The summed E-state index contributed by atoms with van der Waals surface area (Å²) in [6, 6.07) is 7.82. The van der Waals surface area contributed by atoms with Gasteiger partial charge in [0, 0.05) is 30.6 Å². The molecule has 1 amide bonds. The Hall–Kier alpha value is -1.68. The molecule has 0 aliphatic carbocycles. The van der Waals surface area contributed by atoms with Gasteiger partial charge < -0.3 is 15.5 Å². The molecule has 1 aromatic carbocycles. The summed E-state index contributed by atoms with van der Waals surface area (Å²) in [4.78, 5) is 23.7. The van der Waals surface area contributed by atoms with E-state index < -0.39 is 0 Å². The minimum absolute atomic E-state index is 0. The van der Waals surface area contributed by atoms with Crippen LogP contribution in [0.2, 0.25) is 0 Å². The molecule has 1 atom stereocenters. The minimum atomic E-state index is -0.0388. The molecule has 0 fully saturated rings. The Morgan fingerprint density at radius 3 is 2.72 bits per heavy atom. The lowest BCUT2D eigenvalue weighted by atomic mass is 10.1. The van der Waals surface area contributed by atoms with Gasteiger partial charge in [-0.15, -0.1) is 35.3 Å². The summed E-state index contributed by atoms with van der Waals surface area (Å²) in [6.45, 7) is 10.1. The lowest BCUT2D eigenvalue weighted by Crippen LogP contribution is -2.38. The second-order valence-corrected chi connectivity index (χ2v) is 7.93. The van der Waals surface area contributed by atoms with Crippen LogP contribution in [0, 0.1) is 6.92 Å². The first-order valence-corrected chi connectivity index (χ1v) is 10.6. The third kappa shape index (κ3) is 8.30. The molecular weight excluding hydrogens is 497 g/mol. The van der Waals surface area contributed by atoms with Crippen molar-refractivity contribution in [2.75, 3.05) is 13.6 Å². The highest BCUT2D eigenvalue weighted by Gasteiger charge is 2.11. The van der Waals surface area contributed by atoms with E-state index in [0.29, 0.717) is 18.7 Å². The number of aromatic nitrogens is 1. The number of halogens is 1. The Labute approximate surface area is 195 Å². The van der Waals surface area contributed by atoms with Crippen LogP contribution >= 0.6 is 35.3 Å². The maximum atomic E-state index is 12.3. The molecule has 8 heteroatoms. The summed E-state index contributed by atoms with van der Waals surface area (Å²) < 4.78 is 0. The molecule has 2 N–H and O–H groups in total. The first kappa shape index (κ1) is 25.4. The first-order chi connectivity index (χ1) is 13.4. The second-order valence-electron chi connectivity index (χ2n) is 6.87. The van der Waals surface area contributed by atoms with Crippen LogP contribution < -0.4 is 10.6 Å². The second kappa shape index (κ2) is 12.8. The van der Waals surface area contributed by atoms with E-state index >= 15 is 0 Å². The van der Waals surface area contributed by atoms with E-state index in [4.69, 9.17) is 4.99 Å². The highest BCUT2D eigenvalue weighted by molar-refractivity contribution is 14.0. The van der Waals surface area contributed by atoms with Crippen LogP contribution in [0.1, 0.15) is 53.8 Å². The van der Waals surface area contributed by atoms with E-state index in [1.165, 1.54) is 0 Å². The van der Waals surface area contributed by atoms with Gasteiger partial charge >= 0.3 is 0 Å². The van der Waals surface area contributed by atoms with E-state index in [-0.39, 0.29) is 35.9 Å². The SMILES string of the molecule is CCNC(=NCc1cccc(C(=O)NC(C)CC)c1)N(C)Cc1csc(C)n1.I. The highest BCUT2D eigenvalue weighted by atomic mass is 127. The van der Waals surface area contributed by atoms with Crippen LogP contribution in [-0.2, 0) is 13.1 Å². The third-order valence-corrected chi connectivity index (χ3v) is 5.17. The predicted octanol–water partition coefficient (Wildman–Crippen LogP) is 4.20. The zero-order valence-electron chi connectivity index (χ0n) is 17.9. The fourth-order valence-electron chi connectivity index (χ4n) is 2.65. The van der Waals surface area contributed by atoms with Gasteiger partial charge in [0.25, 0.3) is 5.91 Å². The lowest BCUT2D eigenvalue weighted by Gasteiger charge is -2.21. The standard InChI is InChI=1S/C21H31N5OS.HI/c1-6-15(3)24-20(27)18-10-8-9-17(11-18)12-23-21(22-7-2)26(5)13-19-14-28-16(4)25-19;/h8-11,14-15H,6-7,12-13H2,1-5H3,(H,22,23)(H,24,27);1H. The van der Waals surface area contributed by atoms with E-state index in [1.807, 2.05) is 45.2 Å². The van der Waals surface area contributed by atoms with Crippen LogP contribution in [0.5, 0.6) is 0 Å². The number of rotatable bonds is 8. The number of aryl methyl sites for hydroxylation is 1. The molecule has 0 saturated carbocycles. The maximum absolute atomic E-state index is 12.3. The zero-order chi connectivity index (χ0) is 20.5. The molecule has 0 radical (unpaired) electrons. The van der Waals surface area contributed by atoms with Gasteiger partial charge in [-0.2, -0.15) is 0 Å². The van der Waals surface area contributed by atoms with Crippen molar-refractivity contribution in [2.24, 2.45) is 4.99 Å². The molecule has 0 aliphatic heterocycles. The van der Waals surface area contributed by atoms with Gasteiger partial charge in [0.05, 0.1) is 23.8 Å². The average Bonchev–Trinajstić information content (AvgIpc) is 3.09. The molecule has 0 spiro atoms. The lowest BCUT2D eigenvalue weighted by molar-refractivity contribution is 0.0939. The molecular formula is C21H32IN5OS. The summed E-state index contributed by atoms with van der Waals surface area (Å²) >= 11 is 1.66. The van der Waals surface area contributed by atoms with Crippen molar-refractivity contribution < 1.29 is 4.79 Å². The van der Waals surface area contributed by atoms with E-state index in [1.54, 1.807) is 11.3 Å². The topological polar surface area (TPSA) is 69.6 Å². The largest absolute Gasteiger partial charge is 0.357 e. The Morgan fingerprint density at radius 2 is 2.10 bits per heavy atom. The van der Waals surface area contributed by atoms with Crippen molar-refractivity contribution in [2.45, 2.75) is 53.2 Å². The summed E-state index contributed by atoms with van der Waals surface area (Å²) in [7, 11) is 2.01. The Balaban J connectivity index is 0.00000420. The number of carbonyl (C=O) groups is 1. The fourth-order valence-corrected chi connectivity index (χ4v) is 3.26. The number of thiazole rings is 1. The van der Waals surface area contributed by atoms with E-state index in [2.05, 4.69) is 39.7 Å². The number of hydrogen-bond donors (Lipinski definition) is 2. The van der Waals surface area contributed by atoms with Crippen molar-refractivity contribution in [1.82, 2.24) is 20.5 Å². The Bertz CT molecular complexity index is 808. The summed E-state index contributed by atoms with van der Waals surface area (Å²) in [5, 5.41) is 9.47. The van der Waals surface area contributed by atoms with Crippen molar-refractivity contribution in [3.05, 3.63) is 51.5 Å². The predicted molar refractivity (Wildman–Crippen MR) is 132 cm³/mol. The van der Waals surface area contributed by atoms with Gasteiger partial charge in [-0.3, -0.25) is 4.79 Å². The Morgan fingerprint density at radius 1 is 1.34 bits per heavy atom. The maximum Gasteiger partial charge on any atom is 0.251 e. The molecule has 29 heavy (non-hydrogen) atoms. The molecule has 1 heterocycles. The van der Waals surface area contributed by atoms with Crippen molar-refractivity contribution in [3.8, 4) is 0 Å². The molecule has 0 saturated heterocycles. The van der Waals surface area contributed by atoms with Gasteiger partial charge in [0.2, 0.25) is 0 Å². The number of guanidine groups is 1. The van der Waals surface area contributed by atoms with Crippen molar-refractivity contribution >= 4 is 47.2 Å². The number of aliphatic imine (C=N–C) groups is 1. The van der Waals surface area contributed by atoms with Gasteiger partial charge in [0.15, 0.2) is 5.96 Å². The third-order valence-electron chi connectivity index (χ3n) is 4.35. The normalized spacial score (nSPS) is 12.1. The number of nitrogens with zero attached hydrogens (tertiary/aromatic N) is 3. The summed E-state index contributed by atoms with van der Waals surface area (Å²) in [5.74, 6) is 0.783. The fraction of sp³-hybridized carbons (Fsp3) is 0.476. The van der Waals surface area contributed by atoms with Gasteiger partial charge in [-0.1, -0.05) is 19.1 Å². The number of carbonyl (C=O) groups excluding carboxylic acids is 1. The van der Waals surface area contributed by atoms with Crippen LogP contribution in [-0.4, -0.2) is 41.4 Å². The van der Waals surface area contributed by atoms with E-state index in [9.17, 15) is 4.79 Å². The Kier molecular flexibility index (Phi) is 11.2. The van der Waals surface area contributed by atoms with E-state index in [0.717, 1.165) is 35.2 Å². The van der Waals surface area contributed by atoms with Crippen LogP contribution in [0.15, 0.2) is 34.6 Å². The number of amides is 1. The number of benzene rings is 1. The molecule has 1 unspecified atom stereocenters. The molecule has 6 nitrogen and oxygen atoms in total. The average molecular weight is 529 g/mol. The van der Waals surface area contributed by atoms with Gasteiger partial charge in [-0.05, 0) is 44.9 Å². The van der Waals surface area contributed by atoms with Crippen LogP contribution in [0.3, 0.4) is 0 Å². The zero-order valence-corrected chi connectivity index (χ0v) is 21.0. The molecule has 0 bridgehead atoms. The molecule has 1 aromatic heterocycles. The minimum Gasteiger partial charge on any atom is -0.357 e. The molecule has 2 aromatic rings. The molecule has 2 rings (SSSR count). The monoisotopic (exact) mass is 529 g/mol. The van der Waals surface area contributed by atoms with Gasteiger partial charge in [-0.25, -0.2) is 9.98 Å². The summed E-state index contributed by atoms with van der Waals surface area (Å²) in [6.07, 6.45) is 0.909. The van der Waals surface area contributed by atoms with Gasteiger partial charge in [0.1, 0.15) is 0 Å². The van der Waals surface area contributed by atoms with Crippen LogP contribution in [0.4, 0.5) is 0 Å². The van der Waals surface area contributed by atoms with Crippen LogP contribution in [0.25, 0.3) is 0 Å². The first-order valence-electron chi connectivity index (χ1n) is 9.73. The molecule has 160 valence electrons. The highest BCUT2D eigenvalue weighted by Crippen LogP contribution is 2.11. The van der Waals surface area contributed by atoms with Crippen molar-refractivity contribution in [3.63, 3.8) is 0 Å². The summed E-state index contributed by atoms with van der Waals surface area (Å²) in [5.41, 5.74) is 2.72. The number of nitrogens with one attached hydrogen (secondary N) is 2. The quantitative estimate of drug-likeness (QED) is 0.306. The smallest absolute Gasteiger partial charge is 0.251 e.